The molecule has 0 aliphatic rings. The Bertz CT molecular complexity index is 1340. The first-order chi connectivity index (χ1) is 16.8. The number of carbonyl (C=O) groups excluding carboxylic acids is 2. The van der Waals surface area contributed by atoms with Crippen LogP contribution < -0.4 is 16.0 Å². The molecule has 3 aromatic heterocycles. The maximum absolute atomic E-state index is 12.8. The summed E-state index contributed by atoms with van der Waals surface area (Å²) in [5.74, 6) is -0.999. The van der Waals surface area contributed by atoms with Gasteiger partial charge in [-0.2, -0.15) is 18.3 Å². The molecule has 12 heteroatoms. The van der Waals surface area contributed by atoms with Crippen LogP contribution in [0.25, 0.3) is 10.9 Å². The molecular weight excluding hydrogens is 463 g/mol. The van der Waals surface area contributed by atoms with Crippen LogP contribution in [0.5, 0.6) is 0 Å². The maximum atomic E-state index is 12.8. The van der Waals surface area contributed by atoms with Crippen LogP contribution in [0.1, 0.15) is 16.2 Å². The number of carbonyl (C=O) groups is 2. The Morgan fingerprint density at radius 1 is 0.971 bits per heavy atom. The Balaban J connectivity index is 1.33. The lowest BCUT2D eigenvalue weighted by atomic mass is 10.2. The SMILES string of the molecule is O=C(Cn1cc2cc(NC(=O)c3cccc(C(F)(F)F)n3)ccc2n1)NCCNc1ccncc1. The van der Waals surface area contributed by atoms with Crippen LogP contribution in [0.15, 0.2) is 67.1 Å². The van der Waals surface area contributed by atoms with Crippen molar-refractivity contribution in [1.82, 2.24) is 25.1 Å². The molecule has 3 N–H and O–H groups in total. The number of anilines is 2. The molecule has 0 radical (unpaired) electrons. The average Bonchev–Trinajstić information content (AvgIpc) is 3.23. The van der Waals surface area contributed by atoms with Gasteiger partial charge in [-0.1, -0.05) is 6.07 Å². The van der Waals surface area contributed by atoms with Gasteiger partial charge in [-0.05, 0) is 42.5 Å². The average molecular weight is 483 g/mol. The van der Waals surface area contributed by atoms with E-state index in [1.54, 1.807) is 36.8 Å². The Hall–Kier alpha value is -4.48. The fourth-order valence-corrected chi connectivity index (χ4v) is 3.23. The van der Waals surface area contributed by atoms with Gasteiger partial charge in [0.1, 0.15) is 17.9 Å². The van der Waals surface area contributed by atoms with E-state index in [1.807, 2.05) is 12.1 Å². The summed E-state index contributed by atoms with van der Waals surface area (Å²) in [7, 11) is 0. The number of hydrogen-bond donors (Lipinski definition) is 3. The molecule has 0 fully saturated rings. The highest BCUT2D eigenvalue weighted by atomic mass is 19.4. The van der Waals surface area contributed by atoms with Gasteiger partial charge in [0.2, 0.25) is 5.91 Å². The summed E-state index contributed by atoms with van der Waals surface area (Å²) in [6.07, 6.45) is 0.333. The Labute approximate surface area is 197 Å². The number of nitrogens with zero attached hydrogens (tertiary/aromatic N) is 4. The summed E-state index contributed by atoms with van der Waals surface area (Å²) in [4.78, 5) is 31.9. The largest absolute Gasteiger partial charge is 0.433 e. The van der Waals surface area contributed by atoms with Gasteiger partial charge in [0.15, 0.2) is 0 Å². The maximum Gasteiger partial charge on any atom is 0.433 e. The van der Waals surface area contributed by atoms with E-state index in [-0.39, 0.29) is 18.1 Å². The topological polar surface area (TPSA) is 114 Å². The second-order valence-electron chi connectivity index (χ2n) is 7.47. The summed E-state index contributed by atoms with van der Waals surface area (Å²) < 4.78 is 40.0. The quantitative estimate of drug-likeness (QED) is 0.332. The van der Waals surface area contributed by atoms with Crippen molar-refractivity contribution < 1.29 is 22.8 Å². The lowest BCUT2D eigenvalue weighted by molar-refractivity contribution is -0.141. The number of rotatable bonds is 8. The van der Waals surface area contributed by atoms with Crippen LogP contribution in [-0.2, 0) is 17.5 Å². The normalized spacial score (nSPS) is 11.3. The highest BCUT2D eigenvalue weighted by molar-refractivity contribution is 6.03. The van der Waals surface area contributed by atoms with Gasteiger partial charge in [-0.15, -0.1) is 0 Å². The summed E-state index contributed by atoms with van der Waals surface area (Å²) in [6, 6.07) is 11.6. The van der Waals surface area contributed by atoms with Crippen LogP contribution in [0.3, 0.4) is 0 Å². The summed E-state index contributed by atoms with van der Waals surface area (Å²) >= 11 is 0. The molecule has 0 aliphatic carbocycles. The van der Waals surface area contributed by atoms with E-state index in [9.17, 15) is 22.8 Å². The molecule has 9 nitrogen and oxygen atoms in total. The third-order valence-electron chi connectivity index (χ3n) is 4.84. The third-order valence-corrected chi connectivity index (χ3v) is 4.84. The van der Waals surface area contributed by atoms with Gasteiger partial charge in [0, 0.05) is 48.4 Å². The molecule has 0 aliphatic heterocycles. The lowest BCUT2D eigenvalue weighted by Gasteiger charge is -2.08. The zero-order valence-corrected chi connectivity index (χ0v) is 18.2. The molecule has 0 saturated heterocycles. The molecule has 0 bridgehead atoms. The number of pyridine rings is 2. The first kappa shape index (κ1) is 23.7. The van der Waals surface area contributed by atoms with Crippen molar-refractivity contribution in [2.24, 2.45) is 0 Å². The summed E-state index contributed by atoms with van der Waals surface area (Å²) in [5.41, 5.74) is 0.346. The summed E-state index contributed by atoms with van der Waals surface area (Å²) in [5, 5.41) is 13.5. The first-order valence-electron chi connectivity index (χ1n) is 10.5. The van der Waals surface area contributed by atoms with E-state index in [1.165, 1.54) is 10.7 Å². The summed E-state index contributed by atoms with van der Waals surface area (Å²) in [6.45, 7) is 0.960. The van der Waals surface area contributed by atoms with Gasteiger partial charge >= 0.3 is 6.18 Å². The van der Waals surface area contributed by atoms with Gasteiger partial charge in [0.05, 0.1) is 5.52 Å². The lowest BCUT2D eigenvalue weighted by Crippen LogP contribution is -2.31. The van der Waals surface area contributed by atoms with E-state index in [0.29, 0.717) is 29.7 Å². The molecule has 2 amide bonds. The van der Waals surface area contributed by atoms with Crippen LogP contribution in [-0.4, -0.2) is 44.7 Å². The number of aromatic nitrogens is 4. The van der Waals surface area contributed by atoms with Crippen molar-refractivity contribution in [2.75, 3.05) is 23.7 Å². The number of halogens is 3. The Kier molecular flexibility index (Phi) is 6.90. The molecule has 4 aromatic rings. The Morgan fingerprint density at radius 2 is 1.77 bits per heavy atom. The second-order valence-corrected chi connectivity index (χ2v) is 7.47. The monoisotopic (exact) mass is 483 g/mol. The van der Waals surface area contributed by atoms with Crippen LogP contribution in [0.4, 0.5) is 24.5 Å². The molecule has 0 atom stereocenters. The number of amides is 2. The minimum absolute atomic E-state index is 0.000214. The second kappa shape index (κ2) is 10.2. The number of fused-ring (bicyclic) bond motifs is 1. The molecule has 35 heavy (non-hydrogen) atoms. The van der Waals surface area contributed by atoms with E-state index in [4.69, 9.17) is 0 Å². The van der Waals surface area contributed by atoms with Crippen LogP contribution >= 0.6 is 0 Å². The van der Waals surface area contributed by atoms with E-state index < -0.39 is 17.8 Å². The third kappa shape index (κ3) is 6.31. The number of nitrogens with one attached hydrogen (secondary N) is 3. The van der Waals surface area contributed by atoms with E-state index >= 15 is 0 Å². The minimum Gasteiger partial charge on any atom is -0.383 e. The highest BCUT2D eigenvalue weighted by Gasteiger charge is 2.32. The van der Waals surface area contributed by atoms with Crippen molar-refractivity contribution in [3.63, 3.8) is 0 Å². The van der Waals surface area contributed by atoms with Crippen molar-refractivity contribution in [3.05, 3.63) is 78.5 Å². The standard InChI is InChI=1S/C23H20F3N7O2/c24-23(25,26)20-3-1-2-19(31-20)22(35)30-17-4-5-18-15(12-17)13-33(32-18)14-21(34)29-11-10-28-16-6-8-27-9-7-16/h1-9,12-13H,10-11,14H2,(H,27,28)(H,29,34)(H,30,35). The van der Waals surface area contributed by atoms with Gasteiger partial charge in [-0.25, -0.2) is 4.98 Å². The number of alkyl halides is 3. The minimum atomic E-state index is -4.65. The predicted octanol–water partition coefficient (Wildman–Crippen LogP) is 3.33. The van der Waals surface area contributed by atoms with Gasteiger partial charge in [0.25, 0.3) is 5.91 Å². The van der Waals surface area contributed by atoms with Crippen molar-refractivity contribution in [3.8, 4) is 0 Å². The van der Waals surface area contributed by atoms with E-state index in [2.05, 4.69) is 31.0 Å². The fraction of sp³-hybridized carbons (Fsp3) is 0.174. The van der Waals surface area contributed by atoms with Gasteiger partial charge in [-0.3, -0.25) is 19.3 Å². The number of benzene rings is 1. The first-order valence-corrected chi connectivity index (χ1v) is 10.5. The molecule has 0 saturated carbocycles. The Morgan fingerprint density at radius 3 is 2.54 bits per heavy atom. The van der Waals surface area contributed by atoms with Gasteiger partial charge < -0.3 is 16.0 Å². The van der Waals surface area contributed by atoms with Crippen molar-refractivity contribution in [1.29, 1.82) is 0 Å². The molecule has 4 rings (SSSR count). The van der Waals surface area contributed by atoms with Crippen molar-refractivity contribution in [2.45, 2.75) is 12.7 Å². The molecule has 3 heterocycles. The molecule has 0 spiro atoms. The fourth-order valence-electron chi connectivity index (χ4n) is 3.23. The molecular formula is C23H20F3N7O2. The molecule has 0 unspecified atom stereocenters. The zero-order valence-electron chi connectivity index (χ0n) is 18.2. The predicted molar refractivity (Wildman–Crippen MR) is 123 cm³/mol. The van der Waals surface area contributed by atoms with Crippen LogP contribution in [0, 0.1) is 0 Å². The number of hydrogen-bond acceptors (Lipinski definition) is 6. The molecule has 180 valence electrons. The highest BCUT2D eigenvalue weighted by Crippen LogP contribution is 2.27. The zero-order chi connectivity index (χ0) is 24.8. The van der Waals surface area contributed by atoms with Crippen LogP contribution in [0.2, 0.25) is 0 Å². The van der Waals surface area contributed by atoms with Crippen molar-refractivity contribution >= 4 is 34.1 Å². The smallest absolute Gasteiger partial charge is 0.383 e. The van der Waals surface area contributed by atoms with E-state index in [0.717, 1.165) is 17.8 Å². The molecule has 1 aromatic carbocycles.